The van der Waals surface area contributed by atoms with Crippen LogP contribution in [-0.2, 0) is 19.6 Å². The largest absolute Gasteiger partial charge is 0.379 e. The zero-order chi connectivity index (χ0) is 19.0. The second-order valence-corrected chi connectivity index (χ2v) is 8.64. The summed E-state index contributed by atoms with van der Waals surface area (Å²) in [5.74, 6) is -0.295. The molecule has 2 aromatic carbocycles. The maximum Gasteiger partial charge on any atom is 0.265 e. The molecular formula is C19H23N3O4S. The molecular weight excluding hydrogens is 366 g/mol. The molecule has 0 spiro atoms. The molecule has 1 amide bonds. The number of sulfonamides is 1. The lowest BCUT2D eigenvalue weighted by atomic mass is 10.1. The Morgan fingerprint density at radius 1 is 1.19 bits per heavy atom. The zero-order valence-electron chi connectivity index (χ0n) is 15.2. The number of nitrogens with one attached hydrogen (secondary N) is 1. The van der Waals surface area contributed by atoms with Crippen LogP contribution in [0, 0.1) is 0 Å². The maximum absolute atomic E-state index is 13.1. The molecule has 0 aliphatic carbocycles. The van der Waals surface area contributed by atoms with E-state index in [1.54, 1.807) is 25.1 Å². The van der Waals surface area contributed by atoms with Gasteiger partial charge in [0, 0.05) is 31.6 Å². The molecule has 4 rings (SSSR count). The van der Waals surface area contributed by atoms with Crippen molar-refractivity contribution in [3.63, 3.8) is 0 Å². The van der Waals surface area contributed by atoms with Crippen molar-refractivity contribution in [2.75, 3.05) is 43.7 Å². The van der Waals surface area contributed by atoms with Gasteiger partial charge in [0.05, 0.1) is 23.8 Å². The van der Waals surface area contributed by atoms with Crippen LogP contribution >= 0.6 is 0 Å². The van der Waals surface area contributed by atoms with Gasteiger partial charge in [-0.1, -0.05) is 24.3 Å². The summed E-state index contributed by atoms with van der Waals surface area (Å²) in [5.41, 5.74) is 0.568. The third-order valence-electron chi connectivity index (χ3n) is 5.18. The van der Waals surface area contributed by atoms with Crippen LogP contribution in [-0.4, -0.2) is 64.7 Å². The predicted molar refractivity (Wildman–Crippen MR) is 103 cm³/mol. The Balaban J connectivity index is 1.51. The third-order valence-corrected chi connectivity index (χ3v) is 7.11. The average Bonchev–Trinajstić information content (AvgIpc) is 2.91. The number of ether oxygens (including phenoxy) is 1. The number of carbonyl (C=O) groups excluding carboxylic acids is 1. The molecule has 2 aromatic rings. The summed E-state index contributed by atoms with van der Waals surface area (Å²) in [5, 5.41) is 4.42. The van der Waals surface area contributed by atoms with E-state index >= 15 is 0 Å². The summed E-state index contributed by atoms with van der Waals surface area (Å²) < 4.78 is 32.7. The SMILES string of the molecule is C[C@@H](C(=O)NCCN1CCOCC1)N1c2cccc3cccc(c23)S1(=O)=O. The van der Waals surface area contributed by atoms with Crippen LogP contribution in [0.3, 0.4) is 0 Å². The van der Waals surface area contributed by atoms with Gasteiger partial charge in [-0.3, -0.25) is 14.0 Å². The number of rotatable bonds is 5. The highest BCUT2D eigenvalue weighted by Crippen LogP contribution is 2.43. The number of nitrogens with zero attached hydrogens (tertiary/aromatic N) is 2. The van der Waals surface area contributed by atoms with Crippen molar-refractivity contribution in [2.45, 2.75) is 17.9 Å². The van der Waals surface area contributed by atoms with Crippen molar-refractivity contribution in [3.8, 4) is 0 Å². The quantitative estimate of drug-likeness (QED) is 0.831. The molecule has 0 bridgehead atoms. The van der Waals surface area contributed by atoms with E-state index in [2.05, 4.69) is 10.2 Å². The van der Waals surface area contributed by atoms with Crippen molar-refractivity contribution in [3.05, 3.63) is 36.4 Å². The molecule has 1 N–H and O–H groups in total. The van der Waals surface area contributed by atoms with E-state index in [-0.39, 0.29) is 10.8 Å². The van der Waals surface area contributed by atoms with Crippen LogP contribution in [0.15, 0.2) is 41.3 Å². The lowest BCUT2D eigenvalue weighted by Crippen LogP contribution is -2.48. The normalized spacial score (nSPS) is 20.0. The number of anilines is 1. The van der Waals surface area contributed by atoms with Gasteiger partial charge in [-0.05, 0) is 24.4 Å². The fourth-order valence-corrected chi connectivity index (χ4v) is 5.62. The number of morpholine rings is 1. The maximum atomic E-state index is 13.1. The third kappa shape index (κ3) is 3.18. The van der Waals surface area contributed by atoms with Gasteiger partial charge in [0.2, 0.25) is 5.91 Å². The first-order chi connectivity index (χ1) is 13.0. The molecule has 0 saturated carbocycles. The molecule has 1 saturated heterocycles. The van der Waals surface area contributed by atoms with E-state index in [1.165, 1.54) is 4.31 Å². The summed E-state index contributed by atoms with van der Waals surface area (Å²) in [6.07, 6.45) is 0. The van der Waals surface area contributed by atoms with Crippen molar-refractivity contribution < 1.29 is 17.9 Å². The summed E-state index contributed by atoms with van der Waals surface area (Å²) in [6.45, 7) is 5.95. The van der Waals surface area contributed by atoms with Crippen LogP contribution in [0.4, 0.5) is 5.69 Å². The number of carbonyl (C=O) groups is 1. The fraction of sp³-hybridized carbons (Fsp3) is 0.421. The van der Waals surface area contributed by atoms with Crippen LogP contribution in [0.2, 0.25) is 0 Å². The molecule has 1 atom stereocenters. The van der Waals surface area contributed by atoms with E-state index in [4.69, 9.17) is 4.74 Å². The minimum absolute atomic E-state index is 0.267. The van der Waals surface area contributed by atoms with Crippen LogP contribution in [0.25, 0.3) is 10.8 Å². The van der Waals surface area contributed by atoms with Gasteiger partial charge < -0.3 is 10.1 Å². The van der Waals surface area contributed by atoms with E-state index < -0.39 is 16.1 Å². The Bertz CT molecular complexity index is 965. The van der Waals surface area contributed by atoms with E-state index in [0.29, 0.717) is 30.8 Å². The highest BCUT2D eigenvalue weighted by Gasteiger charge is 2.40. The smallest absolute Gasteiger partial charge is 0.265 e. The first-order valence-corrected chi connectivity index (χ1v) is 10.6. The van der Waals surface area contributed by atoms with Crippen molar-refractivity contribution in [2.24, 2.45) is 0 Å². The van der Waals surface area contributed by atoms with Gasteiger partial charge in [-0.15, -0.1) is 0 Å². The number of amides is 1. The summed E-state index contributed by atoms with van der Waals surface area (Å²) in [4.78, 5) is 15.2. The fourth-order valence-electron chi connectivity index (χ4n) is 3.75. The summed E-state index contributed by atoms with van der Waals surface area (Å²) in [7, 11) is -3.74. The van der Waals surface area contributed by atoms with Gasteiger partial charge in [0.15, 0.2) is 0 Å². The molecule has 2 aliphatic heterocycles. The molecule has 8 heteroatoms. The molecule has 27 heavy (non-hydrogen) atoms. The molecule has 7 nitrogen and oxygen atoms in total. The molecule has 2 heterocycles. The van der Waals surface area contributed by atoms with Gasteiger partial charge in [0.25, 0.3) is 10.0 Å². The van der Waals surface area contributed by atoms with Crippen molar-refractivity contribution in [1.82, 2.24) is 10.2 Å². The lowest BCUT2D eigenvalue weighted by Gasteiger charge is -2.28. The second-order valence-electron chi connectivity index (χ2n) is 6.85. The lowest BCUT2D eigenvalue weighted by molar-refractivity contribution is -0.121. The van der Waals surface area contributed by atoms with Crippen LogP contribution < -0.4 is 9.62 Å². The topological polar surface area (TPSA) is 79.0 Å². The van der Waals surface area contributed by atoms with E-state index in [1.807, 2.05) is 18.2 Å². The van der Waals surface area contributed by atoms with Gasteiger partial charge >= 0.3 is 0 Å². The minimum Gasteiger partial charge on any atom is -0.379 e. The number of hydrogen-bond donors (Lipinski definition) is 1. The Hall–Kier alpha value is -2.16. The van der Waals surface area contributed by atoms with Crippen LogP contribution in [0.1, 0.15) is 6.92 Å². The molecule has 1 fully saturated rings. The van der Waals surface area contributed by atoms with Crippen LogP contribution in [0.5, 0.6) is 0 Å². The first kappa shape index (κ1) is 18.2. The van der Waals surface area contributed by atoms with Gasteiger partial charge in [-0.2, -0.15) is 0 Å². The predicted octanol–water partition coefficient (Wildman–Crippen LogP) is 1.19. The Morgan fingerprint density at radius 3 is 2.63 bits per heavy atom. The summed E-state index contributed by atoms with van der Waals surface area (Å²) >= 11 is 0. The molecule has 0 aromatic heterocycles. The highest BCUT2D eigenvalue weighted by molar-refractivity contribution is 7.93. The average molecular weight is 389 g/mol. The molecule has 0 radical (unpaired) electrons. The zero-order valence-corrected chi connectivity index (χ0v) is 16.0. The number of hydrogen-bond acceptors (Lipinski definition) is 5. The molecule has 0 unspecified atom stereocenters. The van der Waals surface area contributed by atoms with E-state index in [0.717, 1.165) is 25.0 Å². The van der Waals surface area contributed by atoms with Gasteiger partial charge in [-0.25, -0.2) is 8.42 Å². The standard InChI is InChI=1S/C19H23N3O4S/c1-14(19(23)20-8-9-21-10-12-26-13-11-21)22-16-6-2-4-15-5-3-7-17(18(15)16)27(22,24)25/h2-7,14H,8-13H2,1H3,(H,20,23)/t14-/m0/s1. The molecule has 2 aliphatic rings. The van der Waals surface area contributed by atoms with Crippen molar-refractivity contribution in [1.29, 1.82) is 0 Å². The second kappa shape index (κ2) is 7.10. The summed E-state index contributed by atoms with van der Waals surface area (Å²) in [6, 6.07) is 9.85. The Labute approximate surface area is 158 Å². The van der Waals surface area contributed by atoms with Crippen molar-refractivity contribution >= 4 is 32.4 Å². The highest BCUT2D eigenvalue weighted by atomic mass is 32.2. The first-order valence-electron chi connectivity index (χ1n) is 9.14. The van der Waals surface area contributed by atoms with E-state index in [9.17, 15) is 13.2 Å². The Morgan fingerprint density at radius 2 is 1.89 bits per heavy atom. The van der Waals surface area contributed by atoms with Gasteiger partial charge in [0.1, 0.15) is 6.04 Å². The Kier molecular flexibility index (Phi) is 4.79. The number of benzene rings is 2. The minimum atomic E-state index is -3.74. The molecule has 144 valence electrons. The monoisotopic (exact) mass is 389 g/mol.